The Morgan fingerprint density at radius 1 is 1.07 bits per heavy atom. The van der Waals surface area contributed by atoms with E-state index in [2.05, 4.69) is 5.32 Å². The molecule has 0 aliphatic carbocycles. The van der Waals surface area contributed by atoms with Gasteiger partial charge in [0.1, 0.15) is 6.61 Å². The zero-order valence-corrected chi connectivity index (χ0v) is 17.3. The number of nitrogens with one attached hydrogen (secondary N) is 1. The Bertz CT molecular complexity index is 965. The van der Waals surface area contributed by atoms with Crippen molar-refractivity contribution in [2.24, 2.45) is 0 Å². The molecule has 8 heteroatoms. The normalized spacial score (nSPS) is 15.5. The van der Waals surface area contributed by atoms with Crippen LogP contribution in [0, 0.1) is 0 Å². The van der Waals surface area contributed by atoms with Crippen molar-refractivity contribution in [3.63, 3.8) is 0 Å². The van der Waals surface area contributed by atoms with E-state index >= 15 is 0 Å². The number of anilines is 2. The smallest absolute Gasteiger partial charge is 0.414 e. The first kappa shape index (κ1) is 20.3. The van der Waals surface area contributed by atoms with Gasteiger partial charge < -0.3 is 15.0 Å². The molecule has 0 saturated carbocycles. The number of hydrogen-bond acceptors (Lipinski definition) is 5. The SMILES string of the molecule is O=C(CCC(=O)N1CCSc2ccccc21)NCc1cccc(N2CCOC2=O)c1. The maximum atomic E-state index is 12.6. The van der Waals surface area contributed by atoms with E-state index in [4.69, 9.17) is 4.74 Å². The van der Waals surface area contributed by atoms with E-state index in [0.29, 0.717) is 26.2 Å². The molecule has 0 radical (unpaired) electrons. The third-order valence-corrected chi connectivity index (χ3v) is 6.11. The molecule has 2 aliphatic heterocycles. The molecule has 7 nitrogen and oxygen atoms in total. The molecule has 2 aromatic carbocycles. The minimum absolute atomic E-state index is 0.0348. The zero-order chi connectivity index (χ0) is 20.9. The number of para-hydroxylation sites is 1. The largest absolute Gasteiger partial charge is 0.447 e. The van der Waals surface area contributed by atoms with Gasteiger partial charge in [-0.25, -0.2) is 4.79 Å². The molecule has 1 N–H and O–H groups in total. The lowest BCUT2D eigenvalue weighted by atomic mass is 10.1. The van der Waals surface area contributed by atoms with Crippen LogP contribution in [0.4, 0.5) is 16.2 Å². The van der Waals surface area contributed by atoms with Crippen molar-refractivity contribution >= 4 is 41.0 Å². The van der Waals surface area contributed by atoms with Crippen LogP contribution >= 0.6 is 11.8 Å². The molecule has 0 unspecified atom stereocenters. The van der Waals surface area contributed by atoms with Gasteiger partial charge in [0, 0.05) is 42.3 Å². The number of benzene rings is 2. The average molecular weight is 426 g/mol. The van der Waals surface area contributed by atoms with Gasteiger partial charge in [-0.05, 0) is 29.8 Å². The molecule has 0 aromatic heterocycles. The predicted molar refractivity (Wildman–Crippen MR) is 116 cm³/mol. The number of nitrogens with zero attached hydrogens (tertiary/aromatic N) is 2. The highest BCUT2D eigenvalue weighted by Crippen LogP contribution is 2.34. The van der Waals surface area contributed by atoms with Crippen molar-refractivity contribution in [3.8, 4) is 0 Å². The minimum Gasteiger partial charge on any atom is -0.447 e. The number of ether oxygens (including phenoxy) is 1. The number of cyclic esters (lactones) is 1. The lowest BCUT2D eigenvalue weighted by molar-refractivity contribution is -0.125. The third kappa shape index (κ3) is 4.59. The number of amides is 3. The van der Waals surface area contributed by atoms with Crippen molar-refractivity contribution in [1.82, 2.24) is 5.32 Å². The molecular formula is C22H23N3O4S. The van der Waals surface area contributed by atoms with Gasteiger partial charge in [-0.2, -0.15) is 0 Å². The molecular weight excluding hydrogens is 402 g/mol. The summed E-state index contributed by atoms with van der Waals surface area (Å²) < 4.78 is 4.96. The molecule has 30 heavy (non-hydrogen) atoms. The Kier molecular flexibility index (Phi) is 6.23. The van der Waals surface area contributed by atoms with Crippen LogP contribution in [0.1, 0.15) is 18.4 Å². The molecule has 2 aromatic rings. The van der Waals surface area contributed by atoms with Crippen LogP contribution in [0.15, 0.2) is 53.4 Å². The fraction of sp³-hybridized carbons (Fsp3) is 0.318. The molecule has 2 heterocycles. The van der Waals surface area contributed by atoms with Crippen LogP contribution in [0.2, 0.25) is 0 Å². The Morgan fingerprint density at radius 3 is 2.77 bits per heavy atom. The van der Waals surface area contributed by atoms with Gasteiger partial charge in [-0.15, -0.1) is 11.8 Å². The highest BCUT2D eigenvalue weighted by molar-refractivity contribution is 7.99. The minimum atomic E-state index is -0.354. The van der Waals surface area contributed by atoms with Crippen LogP contribution < -0.4 is 15.1 Å². The Hall–Kier alpha value is -3.00. The molecule has 3 amide bonds. The van der Waals surface area contributed by atoms with E-state index in [1.165, 1.54) is 0 Å². The van der Waals surface area contributed by atoms with Gasteiger partial charge in [0.05, 0.1) is 12.2 Å². The number of thioether (sulfide) groups is 1. The first-order valence-corrected chi connectivity index (χ1v) is 10.9. The number of fused-ring (bicyclic) bond motifs is 1. The predicted octanol–water partition coefficient (Wildman–Crippen LogP) is 3.18. The maximum absolute atomic E-state index is 12.6. The monoisotopic (exact) mass is 425 g/mol. The lowest BCUT2D eigenvalue weighted by Gasteiger charge is -2.29. The fourth-order valence-corrected chi connectivity index (χ4v) is 4.53. The molecule has 1 fully saturated rings. The summed E-state index contributed by atoms with van der Waals surface area (Å²) in [4.78, 5) is 41.1. The highest BCUT2D eigenvalue weighted by Gasteiger charge is 2.24. The van der Waals surface area contributed by atoms with Gasteiger partial charge in [0.2, 0.25) is 11.8 Å². The standard InChI is InChI=1S/C22H23N3O4S/c26-20(8-9-21(27)25-11-13-30-19-7-2-1-6-18(19)25)23-15-16-4-3-5-17(14-16)24-10-12-29-22(24)28/h1-7,14H,8-13,15H2,(H,23,26). The van der Waals surface area contributed by atoms with E-state index in [1.54, 1.807) is 21.6 Å². The van der Waals surface area contributed by atoms with Crippen molar-refractivity contribution in [1.29, 1.82) is 0 Å². The van der Waals surface area contributed by atoms with E-state index in [9.17, 15) is 14.4 Å². The van der Waals surface area contributed by atoms with Gasteiger partial charge in [0.15, 0.2) is 0 Å². The Balaban J connectivity index is 1.28. The highest BCUT2D eigenvalue weighted by atomic mass is 32.2. The van der Waals surface area contributed by atoms with Crippen molar-refractivity contribution in [2.75, 3.05) is 35.2 Å². The molecule has 1 saturated heterocycles. The van der Waals surface area contributed by atoms with Crippen molar-refractivity contribution in [3.05, 3.63) is 54.1 Å². The van der Waals surface area contributed by atoms with Crippen LogP contribution in [0.25, 0.3) is 0 Å². The fourth-order valence-electron chi connectivity index (χ4n) is 3.54. The summed E-state index contributed by atoms with van der Waals surface area (Å²) in [6, 6.07) is 15.3. The van der Waals surface area contributed by atoms with Crippen LogP contribution in [0.5, 0.6) is 0 Å². The second-order valence-corrected chi connectivity index (χ2v) is 8.21. The van der Waals surface area contributed by atoms with E-state index < -0.39 is 0 Å². The van der Waals surface area contributed by atoms with E-state index in [1.807, 2.05) is 48.5 Å². The number of carbonyl (C=O) groups is 3. The average Bonchev–Trinajstić information content (AvgIpc) is 3.21. The van der Waals surface area contributed by atoms with Gasteiger partial charge in [-0.1, -0.05) is 24.3 Å². The number of hydrogen-bond donors (Lipinski definition) is 1. The van der Waals surface area contributed by atoms with Crippen LogP contribution in [0.3, 0.4) is 0 Å². The summed E-state index contributed by atoms with van der Waals surface area (Å²) in [5.41, 5.74) is 2.56. The van der Waals surface area contributed by atoms with E-state index in [-0.39, 0.29) is 30.7 Å². The topological polar surface area (TPSA) is 79.0 Å². The second-order valence-electron chi connectivity index (χ2n) is 7.07. The van der Waals surface area contributed by atoms with Crippen molar-refractivity contribution in [2.45, 2.75) is 24.3 Å². The number of rotatable bonds is 6. The summed E-state index contributed by atoms with van der Waals surface area (Å²) in [6.45, 7) is 1.91. The summed E-state index contributed by atoms with van der Waals surface area (Å²) in [5.74, 6) is 0.650. The van der Waals surface area contributed by atoms with Gasteiger partial charge in [0.25, 0.3) is 0 Å². The van der Waals surface area contributed by atoms with Crippen LogP contribution in [-0.4, -0.2) is 43.4 Å². The summed E-state index contributed by atoms with van der Waals surface area (Å²) in [6.07, 6.45) is -0.0415. The molecule has 156 valence electrons. The van der Waals surface area contributed by atoms with E-state index in [0.717, 1.165) is 27.6 Å². The second kappa shape index (κ2) is 9.21. The molecule has 0 spiro atoms. The Labute approximate surface area is 179 Å². The molecule has 0 atom stereocenters. The van der Waals surface area contributed by atoms with Gasteiger partial charge >= 0.3 is 6.09 Å². The number of carbonyl (C=O) groups excluding carboxylic acids is 3. The maximum Gasteiger partial charge on any atom is 0.414 e. The first-order chi connectivity index (χ1) is 14.6. The Morgan fingerprint density at radius 2 is 1.93 bits per heavy atom. The zero-order valence-electron chi connectivity index (χ0n) is 16.5. The quantitative estimate of drug-likeness (QED) is 0.769. The van der Waals surface area contributed by atoms with Crippen molar-refractivity contribution < 1.29 is 19.1 Å². The summed E-state index contributed by atoms with van der Waals surface area (Å²) in [7, 11) is 0. The summed E-state index contributed by atoms with van der Waals surface area (Å²) >= 11 is 1.74. The molecule has 2 aliphatic rings. The van der Waals surface area contributed by atoms with Crippen LogP contribution in [-0.2, 0) is 20.9 Å². The molecule has 4 rings (SSSR count). The lowest BCUT2D eigenvalue weighted by Crippen LogP contribution is -2.36. The van der Waals surface area contributed by atoms with Gasteiger partial charge in [-0.3, -0.25) is 14.5 Å². The third-order valence-electron chi connectivity index (χ3n) is 5.07. The molecule has 0 bridgehead atoms. The first-order valence-electron chi connectivity index (χ1n) is 9.94. The summed E-state index contributed by atoms with van der Waals surface area (Å²) in [5, 5.41) is 2.86.